The predicted molar refractivity (Wildman–Crippen MR) is 470 cm³/mol. The van der Waals surface area contributed by atoms with Crippen LogP contribution in [-0.2, 0) is 0 Å². The number of para-hydroxylation sites is 2. The van der Waals surface area contributed by atoms with E-state index in [1.54, 1.807) is 0 Å². The van der Waals surface area contributed by atoms with E-state index in [9.17, 15) is 0 Å². The zero-order valence-corrected chi connectivity index (χ0v) is 61.5. The Morgan fingerprint density at radius 3 is 1.04 bits per heavy atom. The number of furan rings is 2. The van der Waals surface area contributed by atoms with Gasteiger partial charge in [0.1, 0.15) is 22.3 Å². The van der Waals surface area contributed by atoms with E-state index in [1.807, 2.05) is 12.1 Å². The summed E-state index contributed by atoms with van der Waals surface area (Å²) in [5.74, 6) is 0.255. The van der Waals surface area contributed by atoms with Crippen molar-refractivity contribution >= 4 is 89.1 Å². The van der Waals surface area contributed by atoms with Crippen molar-refractivity contribution < 1.29 is 8.83 Å². The molecule has 17 aromatic carbocycles. The summed E-state index contributed by atoms with van der Waals surface area (Å²) in [4.78, 5) is 4.72. The van der Waals surface area contributed by atoms with Gasteiger partial charge in [0.25, 0.3) is 0 Å². The molecule has 0 fully saturated rings. The fraction of sp³-hybridized carbons (Fsp3) is 0.0185. The van der Waals surface area contributed by atoms with E-state index in [2.05, 4.69) is 428 Å². The molecule has 0 aliphatic heterocycles. The molecule has 0 N–H and O–H groups in total. The van der Waals surface area contributed by atoms with Crippen LogP contribution in [0.2, 0.25) is 0 Å². The van der Waals surface area contributed by atoms with E-state index < -0.39 is 0 Å². The summed E-state index contributed by atoms with van der Waals surface area (Å²) in [6.07, 6.45) is 5.74. The molecular weight excluding hydrogens is 1360 g/mol. The van der Waals surface area contributed by atoms with E-state index >= 15 is 0 Å². The first kappa shape index (κ1) is 66.8. The fourth-order valence-electron chi connectivity index (χ4n) is 16.5. The van der Waals surface area contributed by atoms with Gasteiger partial charge in [0.05, 0.1) is 0 Å². The van der Waals surface area contributed by atoms with Gasteiger partial charge in [0.15, 0.2) is 0 Å². The zero-order chi connectivity index (χ0) is 74.3. The van der Waals surface area contributed by atoms with Crippen molar-refractivity contribution in [1.29, 1.82) is 0 Å². The SMILES string of the molecule is C1=C(c2ccccc2)C=C(c2ccc(N(c3ccc(-c4cccc(-c5ccc6oc7c(-c8ccc(N(c9ccc(-c%10ccccc%10)cc9)c9ccc(-c%10cc(-c%11ccccc%11)cc(-c%11ccccc%11)c%10)cc9)cc8)cccc7c6c5)c4)cc3)c3ccc(-c4ccc5oc6ccccc6c5c4)cc3)cc2)CC1c1ccccc1. The van der Waals surface area contributed by atoms with Crippen LogP contribution >= 0.6 is 0 Å². The second kappa shape index (κ2) is 29.2. The Labute approximate surface area is 652 Å². The lowest BCUT2D eigenvalue weighted by Gasteiger charge is -2.27. The number of rotatable bonds is 17. The summed E-state index contributed by atoms with van der Waals surface area (Å²) in [5.41, 5.74) is 34.5. The average molecular weight is 1430 g/mol. The molecule has 19 aromatic rings. The van der Waals surface area contributed by atoms with Gasteiger partial charge in [-0.3, -0.25) is 0 Å². The van der Waals surface area contributed by atoms with Gasteiger partial charge in [-0.25, -0.2) is 0 Å². The molecule has 1 aliphatic carbocycles. The van der Waals surface area contributed by atoms with Crippen LogP contribution in [0, 0.1) is 0 Å². The van der Waals surface area contributed by atoms with E-state index in [0.29, 0.717) is 0 Å². The molecule has 1 unspecified atom stereocenters. The molecule has 4 nitrogen and oxygen atoms in total. The van der Waals surface area contributed by atoms with Crippen LogP contribution in [0.25, 0.3) is 144 Å². The summed E-state index contributed by atoms with van der Waals surface area (Å²) in [6.45, 7) is 0. The van der Waals surface area contributed by atoms with E-state index in [4.69, 9.17) is 8.83 Å². The molecule has 1 aliphatic rings. The first-order chi connectivity index (χ1) is 55.4. The Bertz CT molecular complexity index is 6630. The van der Waals surface area contributed by atoms with Crippen molar-refractivity contribution in [1.82, 2.24) is 0 Å². The molecule has 20 rings (SSSR count). The first-order valence-corrected chi connectivity index (χ1v) is 38.5. The number of anilines is 6. The molecule has 112 heavy (non-hydrogen) atoms. The molecule has 0 bridgehead atoms. The number of fused-ring (bicyclic) bond motifs is 6. The Hall–Kier alpha value is -14.6. The Morgan fingerprint density at radius 1 is 0.214 bits per heavy atom. The highest BCUT2D eigenvalue weighted by molar-refractivity contribution is 6.11. The number of benzene rings is 17. The smallest absolute Gasteiger partial charge is 0.143 e. The number of hydrogen-bond donors (Lipinski definition) is 0. The lowest BCUT2D eigenvalue weighted by molar-refractivity contribution is 0.669. The largest absolute Gasteiger partial charge is 0.456 e. The van der Waals surface area contributed by atoms with Gasteiger partial charge < -0.3 is 18.6 Å². The van der Waals surface area contributed by atoms with E-state index in [0.717, 1.165) is 140 Å². The van der Waals surface area contributed by atoms with Crippen molar-refractivity contribution in [2.24, 2.45) is 0 Å². The van der Waals surface area contributed by atoms with Gasteiger partial charge in [0.2, 0.25) is 0 Å². The third-order valence-corrected chi connectivity index (χ3v) is 22.2. The summed E-state index contributed by atoms with van der Waals surface area (Å²) in [6, 6.07) is 151. The molecule has 528 valence electrons. The van der Waals surface area contributed by atoms with Gasteiger partial charge in [0, 0.05) is 67.2 Å². The number of nitrogens with zero attached hydrogens (tertiary/aromatic N) is 2. The van der Waals surface area contributed by atoms with Gasteiger partial charge in [-0.15, -0.1) is 0 Å². The molecule has 0 spiro atoms. The summed E-state index contributed by atoms with van der Waals surface area (Å²) in [7, 11) is 0. The highest BCUT2D eigenvalue weighted by atomic mass is 16.3. The standard InChI is InChI=1S/C108H74N2O2/c1-6-20-73(21-7-1)78-36-50-94(51-37-78)110(98-58-44-82(45-59-98)93-69-90(76-26-12-4-13-27-76)66-91(70-93)77-28-14-5-15-29-77)99-60-46-83(47-61-99)100-33-19-34-102-104-72-87(49-63-107(104)112-108(100)102)85-31-18-30-84(64-85)79-38-52-95(53-39-79)109(96-54-40-80(41-55-96)86-48-62-106-103(71-86)101-32-16-17-35-105(101)111-106)97-56-42-81(43-57-97)92-67-88(74-22-8-2-9-23-74)65-89(68-92)75-24-10-3-11-25-75/h1-67,69-72,89H,68H2. The maximum atomic E-state index is 6.89. The minimum absolute atomic E-state index is 0.255. The van der Waals surface area contributed by atoms with Crippen molar-refractivity contribution in [3.8, 4) is 89.0 Å². The van der Waals surface area contributed by atoms with Gasteiger partial charge in [-0.05, 0) is 245 Å². The van der Waals surface area contributed by atoms with Crippen molar-refractivity contribution in [2.75, 3.05) is 9.80 Å². The van der Waals surface area contributed by atoms with Crippen LogP contribution < -0.4 is 9.80 Å². The molecule has 0 amide bonds. The maximum Gasteiger partial charge on any atom is 0.143 e. The van der Waals surface area contributed by atoms with Crippen LogP contribution in [0.3, 0.4) is 0 Å². The first-order valence-electron chi connectivity index (χ1n) is 38.5. The van der Waals surface area contributed by atoms with Gasteiger partial charge in [-0.2, -0.15) is 0 Å². The maximum absolute atomic E-state index is 6.89. The van der Waals surface area contributed by atoms with Crippen LogP contribution in [-0.4, -0.2) is 0 Å². The molecule has 0 radical (unpaired) electrons. The summed E-state index contributed by atoms with van der Waals surface area (Å²) in [5, 5.41) is 4.39. The molecule has 2 heterocycles. The molecule has 1 atom stereocenters. The summed E-state index contributed by atoms with van der Waals surface area (Å²) < 4.78 is 13.1. The van der Waals surface area contributed by atoms with Crippen LogP contribution in [0.15, 0.2) is 440 Å². The fourth-order valence-corrected chi connectivity index (χ4v) is 16.5. The molecule has 2 aromatic heterocycles. The van der Waals surface area contributed by atoms with Gasteiger partial charge >= 0.3 is 0 Å². The van der Waals surface area contributed by atoms with E-state index in [-0.39, 0.29) is 5.92 Å². The third-order valence-electron chi connectivity index (χ3n) is 22.2. The molecular formula is C108H74N2O2. The van der Waals surface area contributed by atoms with Crippen molar-refractivity contribution in [3.63, 3.8) is 0 Å². The van der Waals surface area contributed by atoms with Crippen molar-refractivity contribution in [2.45, 2.75) is 12.3 Å². The highest BCUT2D eigenvalue weighted by Crippen LogP contribution is 2.46. The zero-order valence-electron chi connectivity index (χ0n) is 61.5. The molecule has 0 saturated heterocycles. The van der Waals surface area contributed by atoms with Crippen molar-refractivity contribution in [3.05, 3.63) is 447 Å². The minimum atomic E-state index is 0.255. The highest BCUT2D eigenvalue weighted by Gasteiger charge is 2.23. The van der Waals surface area contributed by atoms with Gasteiger partial charge in [-0.1, -0.05) is 303 Å². The predicted octanol–water partition coefficient (Wildman–Crippen LogP) is 30.4. The monoisotopic (exact) mass is 1430 g/mol. The number of allylic oxidation sites excluding steroid dienone is 4. The summed E-state index contributed by atoms with van der Waals surface area (Å²) >= 11 is 0. The van der Waals surface area contributed by atoms with Crippen LogP contribution in [0.5, 0.6) is 0 Å². The lowest BCUT2D eigenvalue weighted by atomic mass is 9.81. The number of hydrogen-bond acceptors (Lipinski definition) is 4. The molecule has 4 heteroatoms. The third kappa shape index (κ3) is 13.1. The Morgan fingerprint density at radius 2 is 0.536 bits per heavy atom. The van der Waals surface area contributed by atoms with Crippen LogP contribution in [0.1, 0.15) is 29.0 Å². The minimum Gasteiger partial charge on any atom is -0.456 e. The second-order valence-electron chi connectivity index (χ2n) is 29.1. The Balaban J connectivity index is 0.595. The quantitative estimate of drug-likeness (QED) is 0.0910. The Kier molecular flexibility index (Phi) is 17.4. The second-order valence-corrected chi connectivity index (χ2v) is 29.1. The lowest BCUT2D eigenvalue weighted by Crippen LogP contribution is -2.10. The normalized spacial score (nSPS) is 12.8. The average Bonchev–Trinajstić information content (AvgIpc) is 1.59. The van der Waals surface area contributed by atoms with E-state index in [1.165, 1.54) is 61.2 Å². The van der Waals surface area contributed by atoms with Crippen LogP contribution in [0.4, 0.5) is 34.1 Å². The topological polar surface area (TPSA) is 32.8 Å². The molecule has 0 saturated carbocycles.